The molecule has 3 aromatic carbocycles. The lowest BCUT2D eigenvalue weighted by Gasteiger charge is -2.44. The van der Waals surface area contributed by atoms with Crippen molar-refractivity contribution in [1.29, 1.82) is 0 Å². The molecule has 13 heteroatoms. The molecule has 33 heavy (non-hydrogen) atoms. The first-order valence-electron chi connectivity index (χ1n) is 9.58. The first-order valence-corrected chi connectivity index (χ1v) is 14.9. The van der Waals surface area contributed by atoms with Gasteiger partial charge in [0, 0.05) is 11.8 Å². The molecule has 0 fully saturated rings. The second-order valence-electron chi connectivity index (χ2n) is 7.93. The smallest absolute Gasteiger partial charge is 0.120 e. The molecular weight excluding hydrogens is 740 g/mol. The summed E-state index contributed by atoms with van der Waals surface area (Å²) in [5.41, 5.74) is 12.7. The normalized spacial score (nSPS) is 18.3. The van der Waals surface area contributed by atoms with E-state index in [0.717, 1.165) is 51.0 Å². The van der Waals surface area contributed by atoms with E-state index in [1.54, 1.807) is 0 Å². The van der Waals surface area contributed by atoms with Crippen molar-refractivity contribution in [3.05, 3.63) is 63.4 Å². The first kappa shape index (κ1) is 20.3. The average molecular weight is 744 g/mol. The van der Waals surface area contributed by atoms with Crippen LogP contribution in [0.5, 0.6) is 0 Å². The topological polar surface area (TPSA) is 77.3 Å². The third kappa shape index (κ3) is 2.37. The van der Waals surface area contributed by atoms with Crippen LogP contribution >= 0.6 is 98.9 Å². The molecule has 3 aromatic heterocycles. The SMILES string of the molecule is Brc1c2c(c(Br)c3nsnc13)C1c3cc4nsnc4cc3C2c2c1c(Br)c1nsnc1c2Br. The summed E-state index contributed by atoms with van der Waals surface area (Å²) in [6, 6.07) is 4.40. The van der Waals surface area contributed by atoms with E-state index in [1.807, 2.05) is 0 Å². The highest BCUT2D eigenvalue weighted by molar-refractivity contribution is 9.11. The van der Waals surface area contributed by atoms with Gasteiger partial charge < -0.3 is 0 Å². The lowest BCUT2D eigenvalue weighted by molar-refractivity contribution is 0.746. The summed E-state index contributed by atoms with van der Waals surface area (Å²) < 4.78 is 31.4. The predicted molar refractivity (Wildman–Crippen MR) is 145 cm³/mol. The van der Waals surface area contributed by atoms with Crippen LogP contribution in [-0.2, 0) is 0 Å². The molecule has 0 N–H and O–H groups in total. The summed E-state index contributed by atoms with van der Waals surface area (Å²) in [5, 5.41) is 0. The minimum atomic E-state index is -0.0327. The molecule has 0 spiro atoms. The number of fused-ring (bicyclic) bond motifs is 3. The number of hydrogen-bond acceptors (Lipinski definition) is 9. The summed E-state index contributed by atoms with van der Waals surface area (Å²) in [4.78, 5) is 0. The Labute approximate surface area is 231 Å². The molecule has 3 aliphatic rings. The summed E-state index contributed by atoms with van der Waals surface area (Å²) in [7, 11) is 0. The number of aromatic nitrogens is 6. The second-order valence-corrected chi connectivity index (χ2v) is 12.7. The van der Waals surface area contributed by atoms with E-state index in [4.69, 9.17) is 0 Å². The van der Waals surface area contributed by atoms with E-state index in [-0.39, 0.29) is 11.8 Å². The third-order valence-corrected chi connectivity index (χ3v) is 11.4. The summed E-state index contributed by atoms with van der Waals surface area (Å²) in [5.74, 6) is -0.0655. The minimum Gasteiger partial charge on any atom is -0.173 e. The van der Waals surface area contributed by atoms with E-state index in [0.29, 0.717) is 0 Å². The van der Waals surface area contributed by atoms with Crippen LogP contribution < -0.4 is 0 Å². The zero-order valence-corrected chi connectivity index (χ0v) is 24.5. The van der Waals surface area contributed by atoms with Crippen LogP contribution in [0.15, 0.2) is 30.0 Å². The number of nitrogens with zero attached hydrogens (tertiary/aromatic N) is 6. The Morgan fingerprint density at radius 1 is 0.485 bits per heavy atom. The largest absolute Gasteiger partial charge is 0.173 e. The summed E-state index contributed by atoms with van der Waals surface area (Å²) in [6.07, 6.45) is 0. The third-order valence-electron chi connectivity index (χ3n) is 6.57. The summed E-state index contributed by atoms with van der Waals surface area (Å²) >= 11 is 19.4. The van der Waals surface area contributed by atoms with Gasteiger partial charge in [-0.2, -0.15) is 26.2 Å². The van der Waals surface area contributed by atoms with Gasteiger partial charge >= 0.3 is 0 Å². The van der Waals surface area contributed by atoms with Gasteiger partial charge in [-0.25, -0.2) is 0 Å². The van der Waals surface area contributed by atoms with E-state index in [9.17, 15) is 0 Å². The van der Waals surface area contributed by atoms with Gasteiger partial charge in [-0.05, 0) is 109 Å². The molecule has 9 rings (SSSR count). The van der Waals surface area contributed by atoms with Gasteiger partial charge in [0.05, 0.1) is 53.1 Å². The Bertz CT molecular complexity index is 1640. The fraction of sp³-hybridized carbons (Fsp3) is 0.100. The maximum absolute atomic E-state index is 4.60. The van der Waals surface area contributed by atoms with Crippen LogP contribution in [0, 0.1) is 0 Å². The van der Waals surface area contributed by atoms with Crippen LogP contribution in [0.1, 0.15) is 45.2 Å². The van der Waals surface area contributed by atoms with Gasteiger partial charge in [0.2, 0.25) is 0 Å². The van der Waals surface area contributed by atoms with Crippen molar-refractivity contribution >= 4 is 132 Å². The Hall–Kier alpha value is -0.960. The zero-order chi connectivity index (χ0) is 22.2. The maximum atomic E-state index is 4.60. The van der Waals surface area contributed by atoms with Crippen molar-refractivity contribution in [2.75, 3.05) is 0 Å². The van der Waals surface area contributed by atoms with Crippen LogP contribution in [0.2, 0.25) is 0 Å². The van der Waals surface area contributed by atoms with Gasteiger partial charge in [0.25, 0.3) is 0 Å². The molecule has 0 unspecified atom stereocenters. The lowest BCUT2D eigenvalue weighted by atomic mass is 9.61. The molecule has 0 aliphatic heterocycles. The monoisotopic (exact) mass is 740 g/mol. The molecule has 0 saturated carbocycles. The van der Waals surface area contributed by atoms with Gasteiger partial charge in [-0.15, -0.1) is 0 Å². The number of hydrogen-bond donors (Lipinski definition) is 0. The Kier molecular flexibility index (Phi) is 4.19. The molecule has 0 radical (unpaired) electrons. The number of halogens is 4. The Morgan fingerprint density at radius 3 is 1.12 bits per heavy atom. The van der Waals surface area contributed by atoms with Crippen molar-refractivity contribution in [2.24, 2.45) is 0 Å². The molecule has 0 saturated heterocycles. The molecule has 0 atom stereocenters. The van der Waals surface area contributed by atoms with E-state index >= 15 is 0 Å². The quantitative estimate of drug-likeness (QED) is 0.158. The highest BCUT2D eigenvalue weighted by atomic mass is 79.9. The minimum absolute atomic E-state index is 0.0327. The Morgan fingerprint density at radius 2 is 0.788 bits per heavy atom. The van der Waals surface area contributed by atoms with Crippen LogP contribution in [0.3, 0.4) is 0 Å². The highest BCUT2D eigenvalue weighted by Crippen LogP contribution is 2.64. The molecule has 3 heterocycles. The van der Waals surface area contributed by atoms with Crippen molar-refractivity contribution in [3.63, 3.8) is 0 Å². The average Bonchev–Trinajstić information content (AvgIpc) is 3.58. The van der Waals surface area contributed by atoms with E-state index in [1.165, 1.54) is 68.6 Å². The van der Waals surface area contributed by atoms with Crippen LogP contribution in [-0.4, -0.2) is 26.2 Å². The van der Waals surface area contributed by atoms with Crippen LogP contribution in [0.4, 0.5) is 0 Å². The van der Waals surface area contributed by atoms with E-state index in [2.05, 4.69) is 102 Å². The van der Waals surface area contributed by atoms with Gasteiger partial charge in [-0.3, -0.25) is 0 Å². The first-order chi connectivity index (χ1) is 16.1. The molecule has 0 amide bonds. The molecule has 2 bridgehead atoms. The zero-order valence-electron chi connectivity index (χ0n) is 15.7. The molecular formula is C20H4Br4N6S3. The fourth-order valence-corrected chi connectivity index (χ4v) is 10.3. The van der Waals surface area contributed by atoms with Crippen molar-refractivity contribution < 1.29 is 0 Å². The molecule has 160 valence electrons. The lowest BCUT2D eigenvalue weighted by Crippen LogP contribution is -2.29. The van der Waals surface area contributed by atoms with Crippen molar-refractivity contribution in [3.8, 4) is 0 Å². The number of rotatable bonds is 0. The predicted octanol–water partition coefficient (Wildman–Crippen LogP) is 7.74. The van der Waals surface area contributed by atoms with Crippen molar-refractivity contribution in [2.45, 2.75) is 11.8 Å². The summed E-state index contributed by atoms with van der Waals surface area (Å²) in [6.45, 7) is 0. The maximum Gasteiger partial charge on any atom is 0.120 e. The van der Waals surface area contributed by atoms with Crippen LogP contribution in [0.25, 0.3) is 33.1 Å². The number of benzene rings is 3. The van der Waals surface area contributed by atoms with E-state index < -0.39 is 0 Å². The second kappa shape index (κ2) is 6.83. The van der Waals surface area contributed by atoms with Gasteiger partial charge in [0.1, 0.15) is 33.1 Å². The Balaban J connectivity index is 1.63. The standard InChI is InChI=1S/C20H4Br4N6S3/c21-13-9-7-3-1-5-6(26-31-25-5)2-4(3)8(11(9)15(23)19-17(13)27-32-29-19)12-10(7)14(22)18-20(16(12)24)30-33-28-18/h1-2,7-8H. The molecule has 6 nitrogen and oxygen atoms in total. The van der Waals surface area contributed by atoms with Gasteiger partial charge in [0.15, 0.2) is 0 Å². The highest BCUT2D eigenvalue weighted by Gasteiger charge is 2.48. The molecule has 3 aliphatic carbocycles. The van der Waals surface area contributed by atoms with Gasteiger partial charge in [-0.1, -0.05) is 0 Å². The fourth-order valence-electron chi connectivity index (χ4n) is 5.34. The van der Waals surface area contributed by atoms with Crippen molar-refractivity contribution in [1.82, 2.24) is 26.2 Å². The molecule has 6 aromatic rings.